The van der Waals surface area contributed by atoms with Gasteiger partial charge in [-0.05, 0) is 24.1 Å². The molecule has 0 saturated carbocycles. The minimum absolute atomic E-state index is 0.0222. The van der Waals surface area contributed by atoms with Gasteiger partial charge in [-0.3, -0.25) is 4.79 Å². The summed E-state index contributed by atoms with van der Waals surface area (Å²) in [6.45, 7) is 5.05. The van der Waals surface area contributed by atoms with Crippen LogP contribution in [-0.4, -0.2) is 24.0 Å². The van der Waals surface area contributed by atoms with E-state index in [0.717, 1.165) is 15.3 Å². The summed E-state index contributed by atoms with van der Waals surface area (Å²) in [5, 5.41) is 7.28. The maximum Gasteiger partial charge on any atom is 0.239 e. The van der Waals surface area contributed by atoms with E-state index in [0.29, 0.717) is 17.5 Å². The number of carbonyl (C=O) groups is 1. The summed E-state index contributed by atoms with van der Waals surface area (Å²) in [6, 6.07) is 5.58. The van der Waals surface area contributed by atoms with E-state index in [2.05, 4.69) is 29.5 Å². The molecule has 0 aliphatic heterocycles. The summed E-state index contributed by atoms with van der Waals surface area (Å²) in [5.41, 5.74) is 0.850. The van der Waals surface area contributed by atoms with Crippen molar-refractivity contribution in [1.29, 1.82) is 0 Å². The van der Waals surface area contributed by atoms with E-state index in [1.54, 1.807) is 0 Å². The Morgan fingerprint density at radius 2 is 2.26 bits per heavy atom. The van der Waals surface area contributed by atoms with Gasteiger partial charge < -0.3 is 10.6 Å². The van der Waals surface area contributed by atoms with Crippen LogP contribution < -0.4 is 10.6 Å². The van der Waals surface area contributed by atoms with Crippen molar-refractivity contribution in [2.45, 2.75) is 13.8 Å². The topological polar surface area (TPSA) is 54.0 Å². The molecule has 0 unspecified atom stereocenters. The molecule has 0 radical (unpaired) electrons. The van der Waals surface area contributed by atoms with Gasteiger partial charge in [0.15, 0.2) is 5.13 Å². The number of thiazole rings is 1. The van der Waals surface area contributed by atoms with Crippen LogP contribution in [-0.2, 0) is 4.79 Å². The lowest BCUT2D eigenvalue weighted by Gasteiger charge is -2.07. The highest BCUT2D eigenvalue weighted by atomic mass is 35.5. The molecule has 0 bridgehead atoms. The largest absolute Gasteiger partial charge is 0.354 e. The Morgan fingerprint density at radius 1 is 1.47 bits per heavy atom. The number of aromatic nitrogens is 1. The molecular formula is C13H16ClN3OS. The summed E-state index contributed by atoms with van der Waals surface area (Å²) in [6.07, 6.45) is 0. The van der Waals surface area contributed by atoms with Crippen LogP contribution >= 0.6 is 22.9 Å². The van der Waals surface area contributed by atoms with Crippen molar-refractivity contribution in [3.63, 3.8) is 0 Å². The second-order valence-electron chi connectivity index (χ2n) is 4.68. The SMILES string of the molecule is CC(C)CNC(=O)CNc1nc2cc(Cl)ccc2s1. The van der Waals surface area contributed by atoms with Gasteiger partial charge in [-0.15, -0.1) is 0 Å². The van der Waals surface area contributed by atoms with Gasteiger partial charge in [-0.1, -0.05) is 36.8 Å². The van der Waals surface area contributed by atoms with Crippen LogP contribution in [0, 0.1) is 5.92 Å². The van der Waals surface area contributed by atoms with Crippen molar-refractivity contribution in [1.82, 2.24) is 10.3 Å². The Kier molecular flexibility index (Phi) is 4.61. The van der Waals surface area contributed by atoms with Gasteiger partial charge in [0.05, 0.1) is 16.8 Å². The number of benzene rings is 1. The fourth-order valence-corrected chi connectivity index (χ4v) is 2.52. The number of fused-ring (bicyclic) bond motifs is 1. The Hall–Kier alpha value is -1.33. The molecule has 102 valence electrons. The van der Waals surface area contributed by atoms with Gasteiger partial charge in [0.25, 0.3) is 0 Å². The first-order chi connectivity index (χ1) is 9.04. The van der Waals surface area contributed by atoms with Gasteiger partial charge in [0.2, 0.25) is 5.91 Å². The Bertz CT molecular complexity index is 582. The number of halogens is 1. The third-order valence-corrected chi connectivity index (χ3v) is 3.69. The highest BCUT2D eigenvalue weighted by molar-refractivity contribution is 7.22. The monoisotopic (exact) mass is 297 g/mol. The van der Waals surface area contributed by atoms with Crippen LogP contribution in [0.25, 0.3) is 10.2 Å². The second kappa shape index (κ2) is 6.21. The van der Waals surface area contributed by atoms with Gasteiger partial charge in [0, 0.05) is 11.6 Å². The van der Waals surface area contributed by atoms with Gasteiger partial charge in [-0.25, -0.2) is 4.98 Å². The molecule has 19 heavy (non-hydrogen) atoms. The minimum Gasteiger partial charge on any atom is -0.354 e. The normalized spacial score (nSPS) is 10.9. The molecule has 1 heterocycles. The molecule has 1 aromatic carbocycles. The van der Waals surface area contributed by atoms with Crippen LogP contribution in [0.1, 0.15) is 13.8 Å². The van der Waals surface area contributed by atoms with Crippen LogP contribution in [0.5, 0.6) is 0 Å². The molecule has 1 aromatic heterocycles. The van der Waals surface area contributed by atoms with Gasteiger partial charge in [0.1, 0.15) is 0 Å². The van der Waals surface area contributed by atoms with Crippen molar-refractivity contribution in [3.8, 4) is 0 Å². The Labute approximate surface area is 121 Å². The number of nitrogens with one attached hydrogen (secondary N) is 2. The molecule has 2 rings (SSSR count). The average molecular weight is 298 g/mol. The summed E-state index contributed by atoms with van der Waals surface area (Å²) < 4.78 is 1.05. The number of amides is 1. The van der Waals surface area contributed by atoms with Crippen molar-refractivity contribution in [3.05, 3.63) is 23.2 Å². The van der Waals surface area contributed by atoms with Crippen LogP contribution in [0.15, 0.2) is 18.2 Å². The standard InChI is InChI=1S/C13H16ClN3OS/c1-8(2)6-15-12(18)7-16-13-17-10-5-9(14)3-4-11(10)19-13/h3-5,8H,6-7H2,1-2H3,(H,15,18)(H,16,17). The molecule has 4 nitrogen and oxygen atoms in total. The zero-order valence-electron chi connectivity index (χ0n) is 10.9. The fourth-order valence-electron chi connectivity index (χ4n) is 1.51. The molecule has 6 heteroatoms. The first kappa shape index (κ1) is 14.1. The molecule has 0 aliphatic carbocycles. The number of anilines is 1. The Balaban J connectivity index is 1.92. The first-order valence-electron chi connectivity index (χ1n) is 6.11. The number of rotatable bonds is 5. The first-order valence-corrected chi connectivity index (χ1v) is 7.30. The maximum absolute atomic E-state index is 11.6. The van der Waals surface area contributed by atoms with Crippen molar-refractivity contribution in [2.24, 2.45) is 5.92 Å². The zero-order chi connectivity index (χ0) is 13.8. The summed E-state index contributed by atoms with van der Waals surface area (Å²) in [7, 11) is 0. The van der Waals surface area contributed by atoms with E-state index in [9.17, 15) is 4.79 Å². The fraction of sp³-hybridized carbons (Fsp3) is 0.385. The van der Waals surface area contributed by atoms with E-state index in [1.165, 1.54) is 11.3 Å². The quantitative estimate of drug-likeness (QED) is 0.891. The number of hydrogen-bond acceptors (Lipinski definition) is 4. The molecule has 0 spiro atoms. The van der Waals surface area contributed by atoms with Gasteiger partial charge >= 0.3 is 0 Å². The molecule has 0 atom stereocenters. The average Bonchev–Trinajstić information content (AvgIpc) is 2.75. The number of hydrogen-bond donors (Lipinski definition) is 2. The molecule has 2 N–H and O–H groups in total. The predicted molar refractivity (Wildman–Crippen MR) is 81.0 cm³/mol. The zero-order valence-corrected chi connectivity index (χ0v) is 12.4. The molecule has 0 aliphatic rings. The minimum atomic E-state index is -0.0222. The lowest BCUT2D eigenvalue weighted by atomic mass is 10.2. The lowest BCUT2D eigenvalue weighted by molar-refractivity contribution is -0.119. The smallest absolute Gasteiger partial charge is 0.239 e. The number of nitrogens with zero attached hydrogens (tertiary/aromatic N) is 1. The predicted octanol–water partition coefficient (Wildman–Crippen LogP) is 3.13. The van der Waals surface area contributed by atoms with E-state index in [-0.39, 0.29) is 12.5 Å². The molecule has 2 aromatic rings. The van der Waals surface area contributed by atoms with E-state index >= 15 is 0 Å². The van der Waals surface area contributed by atoms with Crippen LogP contribution in [0.3, 0.4) is 0 Å². The Morgan fingerprint density at radius 3 is 3.00 bits per heavy atom. The van der Waals surface area contributed by atoms with Crippen LogP contribution in [0.4, 0.5) is 5.13 Å². The van der Waals surface area contributed by atoms with Crippen molar-refractivity contribution < 1.29 is 4.79 Å². The third-order valence-electron chi connectivity index (χ3n) is 2.46. The maximum atomic E-state index is 11.6. The molecule has 0 fully saturated rings. The summed E-state index contributed by atoms with van der Waals surface area (Å²) in [5.74, 6) is 0.430. The second-order valence-corrected chi connectivity index (χ2v) is 6.15. The molecule has 1 amide bonds. The van der Waals surface area contributed by atoms with Crippen molar-refractivity contribution in [2.75, 3.05) is 18.4 Å². The summed E-state index contributed by atoms with van der Waals surface area (Å²) >= 11 is 7.42. The van der Waals surface area contributed by atoms with E-state index in [4.69, 9.17) is 11.6 Å². The molecular weight excluding hydrogens is 282 g/mol. The highest BCUT2D eigenvalue weighted by Gasteiger charge is 2.06. The van der Waals surface area contributed by atoms with Crippen LogP contribution in [0.2, 0.25) is 5.02 Å². The molecule has 0 saturated heterocycles. The number of carbonyl (C=O) groups excluding carboxylic acids is 1. The summed E-state index contributed by atoms with van der Waals surface area (Å²) in [4.78, 5) is 16.0. The lowest BCUT2D eigenvalue weighted by Crippen LogP contribution is -2.32. The van der Waals surface area contributed by atoms with Gasteiger partial charge in [-0.2, -0.15) is 0 Å². The van der Waals surface area contributed by atoms with Crippen molar-refractivity contribution >= 4 is 44.2 Å². The van der Waals surface area contributed by atoms with E-state index in [1.807, 2.05) is 18.2 Å². The third kappa shape index (κ3) is 4.08. The highest BCUT2D eigenvalue weighted by Crippen LogP contribution is 2.27. The van der Waals surface area contributed by atoms with E-state index < -0.39 is 0 Å².